The average molecular weight is 272 g/mol. The average Bonchev–Trinajstić information content (AvgIpc) is 2.34. The summed E-state index contributed by atoms with van der Waals surface area (Å²) in [6, 6.07) is 4.42. The highest BCUT2D eigenvalue weighted by atomic mass is 35.5. The van der Waals surface area contributed by atoms with Crippen molar-refractivity contribution < 1.29 is 9.18 Å². The van der Waals surface area contributed by atoms with E-state index in [1.165, 1.54) is 12.1 Å². The van der Waals surface area contributed by atoms with Gasteiger partial charge >= 0.3 is 0 Å². The molecule has 4 heteroatoms. The Morgan fingerprint density at radius 2 is 2.06 bits per heavy atom. The Balaban J connectivity index is 2.93. The fourth-order valence-corrected chi connectivity index (χ4v) is 1.89. The van der Waals surface area contributed by atoms with Crippen LogP contribution in [0.5, 0.6) is 0 Å². The van der Waals surface area contributed by atoms with Crippen LogP contribution in [0, 0.1) is 5.82 Å². The van der Waals surface area contributed by atoms with Gasteiger partial charge in [0.15, 0.2) is 0 Å². The first-order chi connectivity index (χ1) is 8.60. The van der Waals surface area contributed by atoms with Gasteiger partial charge in [0.25, 0.3) is 0 Å². The quantitative estimate of drug-likeness (QED) is 0.750. The number of halogens is 2. The number of rotatable bonds is 6. The van der Waals surface area contributed by atoms with Crippen molar-refractivity contribution in [3.63, 3.8) is 0 Å². The molecule has 0 heterocycles. The third kappa shape index (κ3) is 3.98. The number of unbranched alkanes of at least 4 members (excludes halogenated alkanes) is 1. The molecule has 100 valence electrons. The molecule has 18 heavy (non-hydrogen) atoms. The smallest absolute Gasteiger partial charge is 0.226 e. The fraction of sp³-hybridized carbons (Fsp3) is 0.500. The van der Waals surface area contributed by atoms with Gasteiger partial charge in [-0.05, 0) is 31.0 Å². The van der Waals surface area contributed by atoms with Gasteiger partial charge in [-0.1, -0.05) is 31.9 Å². The Morgan fingerprint density at radius 1 is 1.33 bits per heavy atom. The molecule has 0 atom stereocenters. The summed E-state index contributed by atoms with van der Waals surface area (Å²) in [7, 11) is 0. The first-order valence-electron chi connectivity index (χ1n) is 6.35. The maximum Gasteiger partial charge on any atom is 0.226 e. The zero-order valence-corrected chi connectivity index (χ0v) is 11.6. The number of nitrogens with zero attached hydrogens (tertiary/aromatic N) is 1. The van der Waals surface area contributed by atoms with Crippen molar-refractivity contribution in [2.45, 2.75) is 39.5 Å². The maximum absolute atomic E-state index is 13.1. The second kappa shape index (κ2) is 7.37. The fourth-order valence-electron chi connectivity index (χ4n) is 1.72. The molecule has 1 aromatic carbocycles. The highest BCUT2D eigenvalue weighted by Crippen LogP contribution is 2.23. The molecule has 0 aromatic heterocycles. The van der Waals surface area contributed by atoms with Crippen molar-refractivity contribution in [3.8, 4) is 0 Å². The second-order valence-corrected chi connectivity index (χ2v) is 4.65. The van der Waals surface area contributed by atoms with Crippen LogP contribution in [0.3, 0.4) is 0 Å². The topological polar surface area (TPSA) is 20.3 Å². The van der Waals surface area contributed by atoms with Crippen LogP contribution in [0.15, 0.2) is 18.2 Å². The third-order valence-corrected chi connectivity index (χ3v) is 3.00. The van der Waals surface area contributed by atoms with Gasteiger partial charge in [-0.3, -0.25) is 4.79 Å². The van der Waals surface area contributed by atoms with E-state index in [-0.39, 0.29) is 10.9 Å². The lowest BCUT2D eigenvalue weighted by Gasteiger charge is -2.23. The molecule has 1 aromatic rings. The van der Waals surface area contributed by atoms with Crippen molar-refractivity contribution in [1.29, 1.82) is 0 Å². The number of benzene rings is 1. The van der Waals surface area contributed by atoms with Crippen molar-refractivity contribution in [1.82, 2.24) is 0 Å². The molecular weight excluding hydrogens is 253 g/mol. The molecule has 2 nitrogen and oxygen atoms in total. The number of carbonyl (C=O) groups is 1. The van der Waals surface area contributed by atoms with Gasteiger partial charge < -0.3 is 4.90 Å². The van der Waals surface area contributed by atoms with Gasteiger partial charge in [0.1, 0.15) is 5.82 Å². The summed E-state index contributed by atoms with van der Waals surface area (Å²) >= 11 is 5.76. The molecule has 0 N–H and O–H groups in total. The minimum atomic E-state index is -0.459. The van der Waals surface area contributed by atoms with Crippen LogP contribution in [-0.4, -0.2) is 12.5 Å². The molecule has 0 bridgehead atoms. The number of anilines is 1. The molecule has 0 aliphatic heterocycles. The van der Waals surface area contributed by atoms with Gasteiger partial charge in [-0.25, -0.2) is 4.39 Å². The van der Waals surface area contributed by atoms with Gasteiger partial charge in [0.05, 0.1) is 5.02 Å². The molecule has 0 saturated carbocycles. The van der Waals surface area contributed by atoms with E-state index in [1.54, 1.807) is 11.0 Å². The second-order valence-electron chi connectivity index (χ2n) is 4.25. The number of amides is 1. The lowest BCUT2D eigenvalue weighted by Crippen LogP contribution is -2.31. The Hall–Kier alpha value is -1.09. The van der Waals surface area contributed by atoms with Crippen LogP contribution in [0.4, 0.5) is 10.1 Å². The number of hydrogen-bond donors (Lipinski definition) is 0. The third-order valence-electron chi connectivity index (χ3n) is 2.72. The predicted molar refractivity (Wildman–Crippen MR) is 73.6 cm³/mol. The lowest BCUT2D eigenvalue weighted by molar-refractivity contribution is -0.118. The molecule has 0 spiro atoms. The van der Waals surface area contributed by atoms with Crippen molar-refractivity contribution in [2.24, 2.45) is 0 Å². The van der Waals surface area contributed by atoms with E-state index in [4.69, 9.17) is 11.6 Å². The van der Waals surface area contributed by atoms with Gasteiger partial charge in [-0.2, -0.15) is 0 Å². The summed E-state index contributed by atoms with van der Waals surface area (Å²) in [6.45, 7) is 4.69. The number of carbonyl (C=O) groups excluding carboxylic acids is 1. The monoisotopic (exact) mass is 271 g/mol. The van der Waals surface area contributed by atoms with Crippen LogP contribution in [0.25, 0.3) is 0 Å². The van der Waals surface area contributed by atoms with E-state index >= 15 is 0 Å². The SMILES string of the molecule is CCCCN(C(=O)CCC)c1ccc(F)c(Cl)c1. The van der Waals surface area contributed by atoms with Gasteiger partial charge in [0.2, 0.25) is 5.91 Å². The van der Waals surface area contributed by atoms with Crippen molar-refractivity contribution in [3.05, 3.63) is 29.0 Å². The van der Waals surface area contributed by atoms with Gasteiger partial charge in [-0.15, -0.1) is 0 Å². The molecule has 0 aliphatic rings. The minimum Gasteiger partial charge on any atom is -0.312 e. The molecule has 0 saturated heterocycles. The van der Waals surface area contributed by atoms with Crippen molar-refractivity contribution in [2.75, 3.05) is 11.4 Å². The predicted octanol–water partition coefficient (Wildman–Crippen LogP) is 4.41. The Morgan fingerprint density at radius 3 is 2.61 bits per heavy atom. The Kier molecular flexibility index (Phi) is 6.13. The number of hydrogen-bond acceptors (Lipinski definition) is 1. The molecule has 1 amide bonds. The van der Waals surface area contributed by atoms with E-state index in [1.807, 2.05) is 6.92 Å². The summed E-state index contributed by atoms with van der Waals surface area (Å²) in [5.41, 5.74) is 0.674. The summed E-state index contributed by atoms with van der Waals surface area (Å²) in [6.07, 6.45) is 3.23. The van der Waals surface area contributed by atoms with E-state index in [0.717, 1.165) is 19.3 Å². The normalized spacial score (nSPS) is 10.4. The summed E-state index contributed by atoms with van der Waals surface area (Å²) in [5, 5.41) is 0.0540. The van der Waals surface area contributed by atoms with Crippen LogP contribution in [0.1, 0.15) is 39.5 Å². The lowest BCUT2D eigenvalue weighted by atomic mass is 10.2. The highest BCUT2D eigenvalue weighted by molar-refractivity contribution is 6.31. The zero-order valence-electron chi connectivity index (χ0n) is 10.9. The van der Waals surface area contributed by atoms with Crippen molar-refractivity contribution >= 4 is 23.2 Å². The van der Waals surface area contributed by atoms with Gasteiger partial charge in [0, 0.05) is 18.7 Å². The highest BCUT2D eigenvalue weighted by Gasteiger charge is 2.15. The Bertz CT molecular complexity index is 409. The maximum atomic E-state index is 13.1. The summed E-state index contributed by atoms with van der Waals surface area (Å²) in [4.78, 5) is 13.7. The molecule has 0 aliphatic carbocycles. The molecule has 0 unspecified atom stereocenters. The largest absolute Gasteiger partial charge is 0.312 e. The van der Waals surface area contributed by atoms with E-state index < -0.39 is 5.82 Å². The zero-order chi connectivity index (χ0) is 13.5. The first kappa shape index (κ1) is 15.0. The van der Waals surface area contributed by atoms with Crippen LogP contribution < -0.4 is 4.90 Å². The van der Waals surface area contributed by atoms with Crippen LogP contribution >= 0.6 is 11.6 Å². The van der Waals surface area contributed by atoms with E-state index in [9.17, 15) is 9.18 Å². The molecular formula is C14H19ClFNO. The standard InChI is InChI=1S/C14H19ClFNO/c1-3-5-9-17(14(18)6-4-2)11-7-8-13(16)12(15)10-11/h7-8,10H,3-6,9H2,1-2H3. The molecule has 1 rings (SSSR count). The minimum absolute atomic E-state index is 0.0540. The molecule has 0 radical (unpaired) electrons. The van der Waals surface area contributed by atoms with Crippen LogP contribution in [-0.2, 0) is 4.79 Å². The Labute approximate surface area is 113 Å². The summed E-state index contributed by atoms with van der Waals surface area (Å²) < 4.78 is 13.1. The molecule has 0 fully saturated rings. The first-order valence-corrected chi connectivity index (χ1v) is 6.73. The van der Waals surface area contributed by atoms with E-state index in [2.05, 4.69) is 6.92 Å². The van der Waals surface area contributed by atoms with Crippen LogP contribution in [0.2, 0.25) is 5.02 Å². The summed E-state index contributed by atoms with van der Waals surface area (Å²) in [5.74, 6) is -0.396. The van der Waals surface area contributed by atoms with E-state index in [0.29, 0.717) is 18.7 Å².